The summed E-state index contributed by atoms with van der Waals surface area (Å²) in [7, 11) is -3.72. The largest absolute Gasteiger partial charge is 0.340 e. The van der Waals surface area contributed by atoms with Crippen molar-refractivity contribution in [2.24, 2.45) is 0 Å². The van der Waals surface area contributed by atoms with Gasteiger partial charge in [-0.25, -0.2) is 8.42 Å². The summed E-state index contributed by atoms with van der Waals surface area (Å²) in [5.41, 5.74) is 1.80. The Morgan fingerprint density at radius 2 is 1.96 bits per heavy atom. The number of carbonyl (C=O) groups excluding carboxylic acids is 1. The number of fused-ring (bicyclic) bond motifs is 1. The molecule has 0 fully saturated rings. The lowest BCUT2D eigenvalue weighted by molar-refractivity contribution is 0.0715. The van der Waals surface area contributed by atoms with E-state index in [0.717, 1.165) is 5.56 Å². The summed E-state index contributed by atoms with van der Waals surface area (Å²) < 4.78 is 29.5. The molecular weight excluding hydrogens is 314 g/mol. The minimum atomic E-state index is -3.72. The van der Waals surface area contributed by atoms with Gasteiger partial charge < -0.3 is 9.47 Å². The van der Waals surface area contributed by atoms with Crippen LogP contribution >= 0.6 is 0 Å². The molecule has 0 bridgehead atoms. The van der Waals surface area contributed by atoms with Crippen LogP contribution in [0.25, 0.3) is 0 Å². The summed E-state index contributed by atoms with van der Waals surface area (Å²) in [5, 5.41) is 0. The molecule has 0 saturated heterocycles. The van der Waals surface area contributed by atoms with Crippen LogP contribution < -0.4 is 4.72 Å². The normalized spacial score (nSPS) is 14.7. The number of likely N-dealkylation sites (N-methyl/N-ethyl adjacent to an activating group) is 1. The summed E-state index contributed by atoms with van der Waals surface area (Å²) in [4.78, 5) is 14.1. The third-order valence-electron chi connectivity index (χ3n) is 4.07. The molecule has 2 aromatic rings. The van der Waals surface area contributed by atoms with Crippen molar-refractivity contribution in [1.29, 1.82) is 0 Å². The van der Waals surface area contributed by atoms with E-state index in [1.165, 1.54) is 12.3 Å². The zero-order valence-electron chi connectivity index (χ0n) is 13.1. The van der Waals surface area contributed by atoms with Gasteiger partial charge in [-0.1, -0.05) is 18.2 Å². The Morgan fingerprint density at radius 3 is 2.65 bits per heavy atom. The Kier molecular flexibility index (Phi) is 3.89. The van der Waals surface area contributed by atoms with E-state index >= 15 is 0 Å². The molecule has 0 atom stereocenters. The SMILES string of the molecule is CCN1CCn2cc(S(=O)(=O)Nc3ccccc3C)cc2C1=O. The number of hydrogen-bond acceptors (Lipinski definition) is 3. The zero-order valence-corrected chi connectivity index (χ0v) is 13.9. The van der Waals surface area contributed by atoms with Crippen LogP contribution in [-0.4, -0.2) is 36.9 Å². The first-order valence-corrected chi connectivity index (χ1v) is 8.98. The van der Waals surface area contributed by atoms with Gasteiger partial charge in [0.05, 0.1) is 5.69 Å². The molecule has 23 heavy (non-hydrogen) atoms. The molecule has 1 N–H and O–H groups in total. The third-order valence-corrected chi connectivity index (χ3v) is 5.40. The fourth-order valence-electron chi connectivity index (χ4n) is 2.68. The van der Waals surface area contributed by atoms with Gasteiger partial charge in [-0.3, -0.25) is 9.52 Å². The average molecular weight is 333 g/mol. The number of nitrogens with zero attached hydrogens (tertiary/aromatic N) is 2. The van der Waals surface area contributed by atoms with Gasteiger partial charge >= 0.3 is 0 Å². The maximum absolute atomic E-state index is 12.6. The summed E-state index contributed by atoms with van der Waals surface area (Å²) in [6, 6.07) is 8.63. The lowest BCUT2D eigenvalue weighted by Crippen LogP contribution is -2.39. The predicted octanol–water partition coefficient (Wildman–Crippen LogP) is 2.07. The number of para-hydroxylation sites is 1. The Hall–Kier alpha value is -2.28. The maximum Gasteiger partial charge on any atom is 0.270 e. The van der Waals surface area contributed by atoms with Crippen LogP contribution in [0.4, 0.5) is 5.69 Å². The van der Waals surface area contributed by atoms with Crippen LogP contribution in [0.5, 0.6) is 0 Å². The van der Waals surface area contributed by atoms with Crippen molar-refractivity contribution in [3.05, 3.63) is 47.8 Å². The number of amides is 1. The van der Waals surface area contributed by atoms with Gasteiger partial charge in [0.2, 0.25) is 0 Å². The van der Waals surface area contributed by atoms with Gasteiger partial charge in [0.25, 0.3) is 15.9 Å². The van der Waals surface area contributed by atoms with Crippen molar-refractivity contribution in [2.75, 3.05) is 17.8 Å². The van der Waals surface area contributed by atoms with E-state index in [0.29, 0.717) is 31.0 Å². The molecule has 1 aliphatic rings. The summed E-state index contributed by atoms with van der Waals surface area (Å²) in [6.45, 7) is 5.57. The maximum atomic E-state index is 12.6. The molecule has 0 saturated carbocycles. The topological polar surface area (TPSA) is 71.4 Å². The van der Waals surface area contributed by atoms with Crippen molar-refractivity contribution in [3.8, 4) is 0 Å². The zero-order chi connectivity index (χ0) is 16.6. The molecule has 3 rings (SSSR count). The molecule has 0 spiro atoms. The van der Waals surface area contributed by atoms with Crippen molar-refractivity contribution in [2.45, 2.75) is 25.3 Å². The van der Waals surface area contributed by atoms with E-state index in [2.05, 4.69) is 4.72 Å². The number of sulfonamides is 1. The first-order chi connectivity index (χ1) is 10.9. The number of aryl methyl sites for hydroxylation is 1. The fourth-order valence-corrected chi connectivity index (χ4v) is 3.85. The highest BCUT2D eigenvalue weighted by atomic mass is 32.2. The molecule has 1 aromatic heterocycles. The quantitative estimate of drug-likeness (QED) is 0.931. The second kappa shape index (κ2) is 5.73. The summed E-state index contributed by atoms with van der Waals surface area (Å²) >= 11 is 0. The molecule has 1 aromatic carbocycles. The first kappa shape index (κ1) is 15.6. The number of rotatable bonds is 4. The Labute approximate surface area is 135 Å². The number of benzene rings is 1. The van der Waals surface area contributed by atoms with Crippen LogP contribution in [0.3, 0.4) is 0 Å². The number of aromatic nitrogens is 1. The monoisotopic (exact) mass is 333 g/mol. The van der Waals surface area contributed by atoms with Crippen molar-refractivity contribution >= 4 is 21.6 Å². The van der Waals surface area contributed by atoms with Gasteiger partial charge in [-0.2, -0.15) is 0 Å². The molecule has 1 amide bonds. The molecule has 0 unspecified atom stereocenters. The average Bonchev–Trinajstić information content (AvgIpc) is 2.96. The Balaban J connectivity index is 1.93. The van der Waals surface area contributed by atoms with Crippen LogP contribution in [0.15, 0.2) is 41.4 Å². The summed E-state index contributed by atoms with van der Waals surface area (Å²) in [5.74, 6) is -0.129. The Morgan fingerprint density at radius 1 is 1.22 bits per heavy atom. The molecule has 6 nitrogen and oxygen atoms in total. The third kappa shape index (κ3) is 2.84. The van der Waals surface area contributed by atoms with Crippen LogP contribution in [0.2, 0.25) is 0 Å². The lowest BCUT2D eigenvalue weighted by atomic mass is 10.2. The van der Waals surface area contributed by atoms with E-state index in [9.17, 15) is 13.2 Å². The van der Waals surface area contributed by atoms with Gasteiger partial charge in [0.1, 0.15) is 10.6 Å². The molecule has 2 heterocycles. The van der Waals surface area contributed by atoms with Crippen molar-refractivity contribution in [3.63, 3.8) is 0 Å². The van der Waals surface area contributed by atoms with Crippen LogP contribution in [0.1, 0.15) is 23.0 Å². The van der Waals surface area contributed by atoms with E-state index in [4.69, 9.17) is 0 Å². The fraction of sp³-hybridized carbons (Fsp3) is 0.312. The van der Waals surface area contributed by atoms with Gasteiger partial charge in [-0.05, 0) is 31.5 Å². The molecule has 0 radical (unpaired) electrons. The van der Waals surface area contributed by atoms with Crippen LogP contribution in [-0.2, 0) is 16.6 Å². The number of anilines is 1. The Bertz CT molecular complexity index is 855. The summed E-state index contributed by atoms with van der Waals surface area (Å²) in [6.07, 6.45) is 1.53. The highest BCUT2D eigenvalue weighted by Gasteiger charge is 2.27. The van der Waals surface area contributed by atoms with Crippen molar-refractivity contribution in [1.82, 2.24) is 9.47 Å². The van der Waals surface area contributed by atoms with E-state index in [1.807, 2.05) is 26.0 Å². The molecule has 0 aliphatic carbocycles. The van der Waals surface area contributed by atoms with Gasteiger partial charge in [-0.15, -0.1) is 0 Å². The van der Waals surface area contributed by atoms with Crippen LogP contribution in [0, 0.1) is 6.92 Å². The van der Waals surface area contributed by atoms with E-state index in [-0.39, 0.29) is 10.8 Å². The molecular formula is C16H19N3O3S. The van der Waals surface area contributed by atoms with Crippen molar-refractivity contribution < 1.29 is 13.2 Å². The second-order valence-corrected chi connectivity index (χ2v) is 7.24. The number of nitrogens with one attached hydrogen (secondary N) is 1. The van der Waals surface area contributed by atoms with Gasteiger partial charge in [0.15, 0.2) is 0 Å². The number of carbonyl (C=O) groups is 1. The second-order valence-electron chi connectivity index (χ2n) is 5.56. The number of hydrogen-bond donors (Lipinski definition) is 1. The first-order valence-electron chi connectivity index (χ1n) is 7.50. The van der Waals surface area contributed by atoms with E-state index < -0.39 is 10.0 Å². The lowest BCUT2D eigenvalue weighted by Gasteiger charge is -2.26. The highest BCUT2D eigenvalue weighted by molar-refractivity contribution is 7.92. The molecule has 7 heteroatoms. The van der Waals surface area contributed by atoms with Gasteiger partial charge in [0, 0.05) is 25.8 Å². The smallest absolute Gasteiger partial charge is 0.270 e. The molecule has 122 valence electrons. The molecule has 1 aliphatic heterocycles. The van der Waals surface area contributed by atoms with E-state index in [1.54, 1.807) is 21.6 Å². The standard InChI is InChI=1S/C16H19N3O3S/c1-3-18-8-9-19-11-13(10-15(19)16(18)20)23(21,22)17-14-7-5-4-6-12(14)2/h4-7,10-11,17H,3,8-9H2,1-2H3. The predicted molar refractivity (Wildman–Crippen MR) is 88.0 cm³/mol. The highest BCUT2D eigenvalue weighted by Crippen LogP contribution is 2.23. The minimum absolute atomic E-state index is 0.113. The minimum Gasteiger partial charge on any atom is -0.340 e.